The van der Waals surface area contributed by atoms with E-state index in [-0.39, 0.29) is 11.4 Å². The minimum absolute atomic E-state index is 0.0696. The Morgan fingerprint density at radius 2 is 2.00 bits per heavy atom. The number of hydrazone groups is 1. The molecule has 0 radical (unpaired) electrons. The summed E-state index contributed by atoms with van der Waals surface area (Å²) in [6, 6.07) is 9.75. The zero-order chi connectivity index (χ0) is 23.3. The zero-order valence-corrected chi connectivity index (χ0v) is 19.7. The molecule has 1 atom stereocenters. The average Bonchev–Trinajstić information content (AvgIpc) is 3.24. The van der Waals surface area contributed by atoms with Crippen molar-refractivity contribution in [3.05, 3.63) is 57.5 Å². The van der Waals surface area contributed by atoms with Gasteiger partial charge >= 0.3 is 5.97 Å². The lowest BCUT2D eigenvalue weighted by Gasteiger charge is -2.22. The number of nitrogens with zero attached hydrogens (tertiary/aromatic N) is 2. The molecule has 2 aromatic carbocycles. The number of hydrogen-bond acceptors (Lipinski definition) is 6. The van der Waals surface area contributed by atoms with Gasteiger partial charge in [0.25, 0.3) is 5.91 Å². The van der Waals surface area contributed by atoms with Crippen molar-refractivity contribution in [1.29, 1.82) is 0 Å². The molecule has 1 fully saturated rings. The number of carboxylic acid groups (broad SMARTS) is 1. The maximum absolute atomic E-state index is 12.9. The Bertz CT molecular complexity index is 1140. The molecule has 0 saturated carbocycles. The van der Waals surface area contributed by atoms with Crippen LogP contribution < -0.4 is 10.2 Å². The highest BCUT2D eigenvalue weighted by Crippen LogP contribution is 2.27. The van der Waals surface area contributed by atoms with E-state index in [4.69, 9.17) is 21.4 Å². The number of carboxylic acids is 1. The van der Waals surface area contributed by atoms with Gasteiger partial charge < -0.3 is 9.84 Å². The van der Waals surface area contributed by atoms with Crippen molar-refractivity contribution in [3.63, 3.8) is 0 Å². The molecule has 1 aliphatic heterocycles. The molecule has 2 aromatic rings. The first-order valence-electron chi connectivity index (χ1n) is 9.43. The van der Waals surface area contributed by atoms with Crippen LogP contribution in [-0.2, 0) is 19.6 Å². The van der Waals surface area contributed by atoms with Gasteiger partial charge in [-0.15, -0.1) is 0 Å². The number of amides is 1. The van der Waals surface area contributed by atoms with Crippen LogP contribution in [0, 0.1) is 0 Å². The van der Waals surface area contributed by atoms with E-state index >= 15 is 0 Å². The van der Waals surface area contributed by atoms with Crippen LogP contribution in [0.5, 0.6) is 5.75 Å². The van der Waals surface area contributed by atoms with Crippen LogP contribution in [0.15, 0.2) is 56.9 Å². The minimum atomic E-state index is -3.85. The zero-order valence-electron chi connectivity index (χ0n) is 16.6. The number of carbonyl (C=O) groups is 2. The second-order valence-electron chi connectivity index (χ2n) is 6.83. The van der Waals surface area contributed by atoms with Crippen LogP contribution in [0.2, 0.25) is 5.02 Å². The highest BCUT2D eigenvalue weighted by molar-refractivity contribution is 9.10. The van der Waals surface area contributed by atoms with Crippen molar-refractivity contribution < 1.29 is 27.9 Å². The lowest BCUT2D eigenvalue weighted by Crippen LogP contribution is -2.44. The van der Waals surface area contributed by atoms with Crippen molar-refractivity contribution >= 4 is 55.6 Å². The maximum atomic E-state index is 12.9. The summed E-state index contributed by atoms with van der Waals surface area (Å²) in [7, 11) is -3.85. The van der Waals surface area contributed by atoms with E-state index in [9.17, 15) is 18.0 Å². The summed E-state index contributed by atoms with van der Waals surface area (Å²) in [5, 5.41) is 13.0. The lowest BCUT2D eigenvalue weighted by atomic mass is 10.2. The molecule has 1 amide bonds. The van der Waals surface area contributed by atoms with E-state index in [1.165, 1.54) is 34.8 Å². The van der Waals surface area contributed by atoms with Gasteiger partial charge in [-0.3, -0.25) is 4.79 Å². The minimum Gasteiger partial charge on any atom is -0.481 e. The number of aliphatic carboxylic acids is 1. The second-order valence-corrected chi connectivity index (χ2v) is 10.0. The van der Waals surface area contributed by atoms with Gasteiger partial charge in [0.2, 0.25) is 10.0 Å². The Morgan fingerprint density at radius 1 is 1.28 bits per heavy atom. The van der Waals surface area contributed by atoms with Gasteiger partial charge in [-0.2, -0.15) is 9.41 Å². The van der Waals surface area contributed by atoms with Gasteiger partial charge in [0.05, 0.1) is 15.6 Å². The van der Waals surface area contributed by atoms with E-state index in [1.54, 1.807) is 18.2 Å². The summed E-state index contributed by atoms with van der Waals surface area (Å²) in [5.74, 6) is -1.27. The maximum Gasteiger partial charge on any atom is 0.341 e. The van der Waals surface area contributed by atoms with Crippen molar-refractivity contribution in [2.45, 2.75) is 23.8 Å². The number of carbonyl (C=O) groups excluding carboxylic acids is 1. The molecule has 0 spiro atoms. The van der Waals surface area contributed by atoms with Gasteiger partial charge in [0.1, 0.15) is 11.8 Å². The Labute approximate surface area is 198 Å². The molecule has 2 N–H and O–H groups in total. The molecule has 0 bridgehead atoms. The van der Waals surface area contributed by atoms with Crippen LogP contribution in [-0.4, -0.2) is 55.1 Å². The lowest BCUT2D eigenvalue weighted by molar-refractivity contribution is -0.139. The van der Waals surface area contributed by atoms with E-state index in [0.717, 1.165) is 0 Å². The number of rotatable bonds is 8. The summed E-state index contributed by atoms with van der Waals surface area (Å²) in [4.78, 5) is 23.3. The summed E-state index contributed by atoms with van der Waals surface area (Å²) >= 11 is 9.11. The van der Waals surface area contributed by atoms with E-state index in [0.29, 0.717) is 33.6 Å². The molecule has 0 aromatic heterocycles. The summed E-state index contributed by atoms with van der Waals surface area (Å²) < 4.78 is 32.7. The molecule has 0 unspecified atom stereocenters. The van der Waals surface area contributed by atoms with Gasteiger partial charge in [0, 0.05) is 11.6 Å². The molecular formula is C20H19BrClN3O6S. The average molecular weight is 545 g/mol. The number of hydrogen-bond donors (Lipinski definition) is 2. The number of nitrogens with one attached hydrogen (secondary N) is 1. The highest BCUT2D eigenvalue weighted by atomic mass is 79.9. The van der Waals surface area contributed by atoms with Crippen molar-refractivity contribution in [3.8, 4) is 5.75 Å². The highest BCUT2D eigenvalue weighted by Gasteiger charge is 2.39. The van der Waals surface area contributed by atoms with E-state index < -0.39 is 34.5 Å². The van der Waals surface area contributed by atoms with Crippen molar-refractivity contribution in [1.82, 2.24) is 9.73 Å². The topological polar surface area (TPSA) is 125 Å². The Morgan fingerprint density at radius 3 is 2.66 bits per heavy atom. The van der Waals surface area contributed by atoms with Gasteiger partial charge in [0.15, 0.2) is 6.61 Å². The van der Waals surface area contributed by atoms with Gasteiger partial charge in [-0.25, -0.2) is 18.6 Å². The first kappa shape index (κ1) is 24.2. The molecule has 3 rings (SSSR count). The van der Waals surface area contributed by atoms with Crippen LogP contribution in [0.4, 0.5) is 0 Å². The number of halogens is 2. The fraction of sp³-hybridized carbons (Fsp3) is 0.250. The Balaban J connectivity index is 1.65. The third-order valence-electron chi connectivity index (χ3n) is 4.62. The molecule has 170 valence electrons. The largest absolute Gasteiger partial charge is 0.481 e. The third-order valence-corrected chi connectivity index (χ3v) is 7.42. The molecule has 9 nitrogen and oxygen atoms in total. The first-order chi connectivity index (χ1) is 15.2. The molecule has 12 heteroatoms. The van der Waals surface area contributed by atoms with Gasteiger partial charge in [-0.05, 0) is 76.8 Å². The molecule has 1 saturated heterocycles. The fourth-order valence-corrected chi connectivity index (χ4v) is 5.42. The predicted molar refractivity (Wildman–Crippen MR) is 121 cm³/mol. The van der Waals surface area contributed by atoms with Crippen molar-refractivity contribution in [2.75, 3.05) is 13.2 Å². The van der Waals surface area contributed by atoms with Crippen molar-refractivity contribution in [2.24, 2.45) is 5.10 Å². The smallest absolute Gasteiger partial charge is 0.341 e. The molecule has 32 heavy (non-hydrogen) atoms. The molecule has 0 aliphatic carbocycles. The molecule has 1 heterocycles. The monoisotopic (exact) mass is 543 g/mol. The normalized spacial score (nSPS) is 16.9. The number of ether oxygens (including phenoxy) is 1. The summed E-state index contributed by atoms with van der Waals surface area (Å²) in [5.41, 5.74) is 3.00. The van der Waals surface area contributed by atoms with Crippen LogP contribution in [0.25, 0.3) is 0 Å². The number of benzene rings is 2. The second kappa shape index (κ2) is 10.4. The molecular weight excluding hydrogens is 526 g/mol. The summed E-state index contributed by atoms with van der Waals surface area (Å²) in [6.45, 7) is -0.240. The third kappa shape index (κ3) is 5.85. The Kier molecular flexibility index (Phi) is 7.88. The standard InChI is InChI=1S/C20H19BrClN3O6S/c21-16-10-13(3-8-18(16)31-12-19(26)27)11-23-24-20(28)17-2-1-9-25(17)32(29,30)15-6-4-14(22)5-7-15/h3-8,10-11,17H,1-2,9,12H2,(H,24,28)(H,26,27)/b23-11-/t17-/m1/s1. The summed E-state index contributed by atoms with van der Waals surface area (Å²) in [6.07, 6.45) is 2.32. The number of sulfonamides is 1. The van der Waals surface area contributed by atoms with Crippen LogP contribution >= 0.6 is 27.5 Å². The SMILES string of the molecule is O=C(O)COc1ccc(/C=N\NC(=O)[C@H]2CCCN2S(=O)(=O)c2ccc(Cl)cc2)cc1Br. The van der Waals surface area contributed by atoms with Gasteiger partial charge in [-0.1, -0.05) is 11.6 Å². The van der Waals surface area contributed by atoms with Crippen LogP contribution in [0.1, 0.15) is 18.4 Å². The quantitative estimate of drug-likeness (QED) is 0.389. The van der Waals surface area contributed by atoms with E-state index in [1.807, 2.05) is 0 Å². The fourth-order valence-electron chi connectivity index (χ4n) is 3.13. The Hall–Kier alpha value is -2.47. The van der Waals surface area contributed by atoms with Crippen LogP contribution in [0.3, 0.4) is 0 Å². The first-order valence-corrected chi connectivity index (χ1v) is 12.0. The molecule has 1 aliphatic rings. The predicted octanol–water partition coefficient (Wildman–Crippen LogP) is 2.87. The van der Waals surface area contributed by atoms with E-state index in [2.05, 4.69) is 26.5 Å².